The van der Waals surface area contributed by atoms with Crippen LogP contribution in [0.3, 0.4) is 0 Å². The van der Waals surface area contributed by atoms with Gasteiger partial charge in [0.25, 0.3) is 0 Å². The Labute approximate surface area is 107 Å². The second-order valence-corrected chi connectivity index (χ2v) is 4.89. The van der Waals surface area contributed by atoms with Crippen molar-refractivity contribution < 1.29 is 0 Å². The molecule has 0 saturated heterocycles. The summed E-state index contributed by atoms with van der Waals surface area (Å²) < 4.78 is 2.29. The minimum Gasteiger partial charge on any atom is -0.330 e. The second kappa shape index (κ2) is 4.90. The Balaban J connectivity index is 1.58. The maximum absolute atomic E-state index is 4.38. The standard InChI is InChI=1S/C14H18N4/c1-11-3-2-6-17-14(11)9-15-7-13-8-16-10-18(13)12-4-5-12/h2-3,6,8,10,12,15H,4-5,7,9H2,1H3. The van der Waals surface area contributed by atoms with Gasteiger partial charge in [-0.15, -0.1) is 0 Å². The van der Waals surface area contributed by atoms with E-state index >= 15 is 0 Å². The van der Waals surface area contributed by atoms with Crippen molar-refractivity contribution in [3.63, 3.8) is 0 Å². The minimum absolute atomic E-state index is 0.695. The highest BCUT2D eigenvalue weighted by Crippen LogP contribution is 2.35. The van der Waals surface area contributed by atoms with Gasteiger partial charge in [0.15, 0.2) is 0 Å². The van der Waals surface area contributed by atoms with Gasteiger partial charge in [0.2, 0.25) is 0 Å². The zero-order valence-electron chi connectivity index (χ0n) is 10.6. The molecule has 0 aliphatic heterocycles. The van der Waals surface area contributed by atoms with Crippen molar-refractivity contribution in [2.24, 2.45) is 0 Å². The molecule has 0 atom stereocenters. The Morgan fingerprint density at radius 3 is 3.06 bits per heavy atom. The van der Waals surface area contributed by atoms with Gasteiger partial charge in [-0.25, -0.2) is 4.98 Å². The molecule has 0 spiro atoms. The molecule has 18 heavy (non-hydrogen) atoms. The van der Waals surface area contributed by atoms with Crippen molar-refractivity contribution in [2.45, 2.75) is 38.9 Å². The summed E-state index contributed by atoms with van der Waals surface area (Å²) in [5, 5.41) is 3.44. The highest BCUT2D eigenvalue weighted by molar-refractivity contribution is 5.17. The number of pyridine rings is 1. The van der Waals surface area contributed by atoms with E-state index < -0.39 is 0 Å². The van der Waals surface area contributed by atoms with Gasteiger partial charge in [-0.1, -0.05) is 6.07 Å². The predicted octanol–water partition coefficient (Wildman–Crippen LogP) is 2.21. The average Bonchev–Trinajstić information content (AvgIpc) is 3.12. The summed E-state index contributed by atoms with van der Waals surface area (Å²) in [6.45, 7) is 3.76. The van der Waals surface area contributed by atoms with Crippen LogP contribution in [0.25, 0.3) is 0 Å². The molecule has 0 bridgehead atoms. The van der Waals surface area contributed by atoms with Crippen LogP contribution in [0, 0.1) is 6.92 Å². The van der Waals surface area contributed by atoms with Crippen LogP contribution in [0.15, 0.2) is 30.9 Å². The monoisotopic (exact) mass is 242 g/mol. The number of nitrogens with zero attached hydrogens (tertiary/aromatic N) is 3. The van der Waals surface area contributed by atoms with Gasteiger partial charge in [-0.2, -0.15) is 0 Å². The van der Waals surface area contributed by atoms with Crippen LogP contribution < -0.4 is 5.32 Å². The fraction of sp³-hybridized carbons (Fsp3) is 0.429. The number of aryl methyl sites for hydroxylation is 1. The Bertz CT molecular complexity index is 528. The summed E-state index contributed by atoms with van der Waals surface area (Å²) in [7, 11) is 0. The first-order chi connectivity index (χ1) is 8.84. The molecule has 1 aliphatic rings. The van der Waals surface area contributed by atoms with Crippen LogP contribution in [-0.4, -0.2) is 14.5 Å². The first-order valence-corrected chi connectivity index (χ1v) is 6.46. The largest absolute Gasteiger partial charge is 0.330 e. The molecule has 0 amide bonds. The third-order valence-electron chi connectivity index (χ3n) is 3.40. The van der Waals surface area contributed by atoms with Crippen LogP contribution in [0.2, 0.25) is 0 Å². The number of rotatable bonds is 5. The van der Waals surface area contributed by atoms with Gasteiger partial charge < -0.3 is 9.88 Å². The van der Waals surface area contributed by atoms with Gasteiger partial charge in [-0.05, 0) is 31.4 Å². The minimum atomic E-state index is 0.695. The lowest BCUT2D eigenvalue weighted by atomic mass is 10.2. The van der Waals surface area contributed by atoms with E-state index in [-0.39, 0.29) is 0 Å². The summed E-state index contributed by atoms with van der Waals surface area (Å²) in [6, 6.07) is 4.76. The highest BCUT2D eigenvalue weighted by Gasteiger charge is 2.24. The molecular formula is C14H18N4. The average molecular weight is 242 g/mol. The number of imidazole rings is 1. The Kier molecular flexibility index (Phi) is 3.11. The maximum Gasteiger partial charge on any atom is 0.0951 e. The molecule has 0 aromatic carbocycles. The zero-order chi connectivity index (χ0) is 12.4. The number of nitrogens with one attached hydrogen (secondary N) is 1. The van der Waals surface area contributed by atoms with E-state index in [2.05, 4.69) is 32.8 Å². The topological polar surface area (TPSA) is 42.7 Å². The molecule has 1 saturated carbocycles. The second-order valence-electron chi connectivity index (χ2n) is 4.89. The van der Waals surface area contributed by atoms with Crippen LogP contribution >= 0.6 is 0 Å². The van der Waals surface area contributed by atoms with Gasteiger partial charge in [0.1, 0.15) is 0 Å². The molecule has 0 radical (unpaired) electrons. The SMILES string of the molecule is Cc1cccnc1CNCc1cncn1C1CC1. The maximum atomic E-state index is 4.38. The summed E-state index contributed by atoms with van der Waals surface area (Å²) in [5.74, 6) is 0. The number of aromatic nitrogens is 3. The van der Waals surface area contributed by atoms with Gasteiger partial charge >= 0.3 is 0 Å². The smallest absolute Gasteiger partial charge is 0.0951 e. The molecule has 3 rings (SSSR count). The molecule has 1 fully saturated rings. The highest BCUT2D eigenvalue weighted by atomic mass is 15.1. The predicted molar refractivity (Wildman–Crippen MR) is 70.0 cm³/mol. The molecule has 0 unspecified atom stereocenters. The summed E-state index contributed by atoms with van der Waals surface area (Å²) in [4.78, 5) is 8.62. The fourth-order valence-electron chi connectivity index (χ4n) is 2.16. The molecule has 1 aliphatic carbocycles. The lowest BCUT2D eigenvalue weighted by molar-refractivity contribution is 0.614. The van der Waals surface area contributed by atoms with Gasteiger partial charge in [0.05, 0.1) is 17.7 Å². The van der Waals surface area contributed by atoms with Crippen LogP contribution in [0.4, 0.5) is 0 Å². The molecule has 4 nitrogen and oxygen atoms in total. The van der Waals surface area contributed by atoms with E-state index in [1.54, 1.807) is 0 Å². The normalized spacial score (nSPS) is 14.9. The lowest BCUT2D eigenvalue weighted by Gasteiger charge is -2.09. The van der Waals surface area contributed by atoms with Crippen molar-refractivity contribution in [1.29, 1.82) is 0 Å². The molecule has 1 N–H and O–H groups in total. The third kappa shape index (κ3) is 2.43. The molecule has 2 aromatic heterocycles. The van der Waals surface area contributed by atoms with E-state index in [4.69, 9.17) is 0 Å². The van der Waals surface area contributed by atoms with Gasteiger partial charge in [-0.3, -0.25) is 4.98 Å². The summed E-state index contributed by atoms with van der Waals surface area (Å²) in [6.07, 6.45) is 8.33. The van der Waals surface area contributed by atoms with Crippen molar-refractivity contribution in [2.75, 3.05) is 0 Å². The van der Waals surface area contributed by atoms with Crippen LogP contribution in [-0.2, 0) is 13.1 Å². The van der Waals surface area contributed by atoms with Gasteiger partial charge in [0, 0.05) is 31.5 Å². The number of hydrogen-bond acceptors (Lipinski definition) is 3. The van der Waals surface area contributed by atoms with E-state index in [0.717, 1.165) is 18.8 Å². The molecule has 2 aromatic rings. The first-order valence-electron chi connectivity index (χ1n) is 6.46. The molecule has 2 heterocycles. The Hall–Kier alpha value is -1.68. The molecule has 4 heteroatoms. The first kappa shape index (κ1) is 11.4. The van der Waals surface area contributed by atoms with Crippen LogP contribution in [0.1, 0.15) is 35.8 Å². The van der Waals surface area contributed by atoms with E-state index in [1.807, 2.05) is 24.8 Å². The van der Waals surface area contributed by atoms with E-state index in [9.17, 15) is 0 Å². The van der Waals surface area contributed by atoms with Crippen molar-refractivity contribution >= 4 is 0 Å². The molecular weight excluding hydrogens is 224 g/mol. The van der Waals surface area contributed by atoms with Crippen molar-refractivity contribution in [1.82, 2.24) is 19.9 Å². The Morgan fingerprint density at radius 1 is 1.39 bits per heavy atom. The van der Waals surface area contributed by atoms with Crippen molar-refractivity contribution in [3.05, 3.63) is 47.8 Å². The van der Waals surface area contributed by atoms with Crippen molar-refractivity contribution in [3.8, 4) is 0 Å². The molecule has 94 valence electrons. The van der Waals surface area contributed by atoms with E-state index in [1.165, 1.54) is 24.1 Å². The zero-order valence-corrected chi connectivity index (χ0v) is 10.6. The van der Waals surface area contributed by atoms with E-state index in [0.29, 0.717) is 6.04 Å². The summed E-state index contributed by atoms with van der Waals surface area (Å²) in [5.41, 5.74) is 3.63. The summed E-state index contributed by atoms with van der Waals surface area (Å²) >= 11 is 0. The lowest BCUT2D eigenvalue weighted by Crippen LogP contribution is -2.16. The fourth-order valence-corrected chi connectivity index (χ4v) is 2.16. The third-order valence-corrected chi connectivity index (χ3v) is 3.40. The Morgan fingerprint density at radius 2 is 2.28 bits per heavy atom. The number of hydrogen-bond donors (Lipinski definition) is 1. The van der Waals surface area contributed by atoms with Crippen LogP contribution in [0.5, 0.6) is 0 Å². The quantitative estimate of drug-likeness (QED) is 0.874.